The number of hydrogen-bond donors (Lipinski definition) is 1. The molecule has 15 nitrogen and oxygen atoms in total. The number of amides is 2. The van der Waals surface area contributed by atoms with Gasteiger partial charge in [0.05, 0.1) is 7.11 Å². The summed E-state index contributed by atoms with van der Waals surface area (Å²) >= 11 is 0. The molecule has 1 rings (SSSR count). The highest BCUT2D eigenvalue weighted by molar-refractivity contribution is 5.86. The van der Waals surface area contributed by atoms with Gasteiger partial charge in [0.15, 0.2) is 24.5 Å². The molecule has 15 heteroatoms. The van der Waals surface area contributed by atoms with E-state index in [4.69, 9.17) is 23.7 Å². The van der Waals surface area contributed by atoms with Gasteiger partial charge in [0.1, 0.15) is 25.8 Å². The highest BCUT2D eigenvalue weighted by atomic mass is 16.7. The van der Waals surface area contributed by atoms with Crippen LogP contribution in [-0.2, 0) is 62.0 Å². The second kappa shape index (κ2) is 14.0. The highest BCUT2D eigenvalue weighted by Gasteiger charge is 2.54. The lowest BCUT2D eigenvalue weighted by atomic mass is 9.96. The normalized spacial score (nSPS) is 22.9. The standard InChI is InChI=1S/C21H30N2O13/c1-10(24)23(8-16(29)22-7-17(30)31-6)21-20(35-14(5)28)19(34-13(4)27)18(33-12(3)26)15(36-21)9-32-11(2)25/h15,18-21H,7-9H2,1-6H3,(H,22,29)/t15-,18+,19+,20-,21-/m1/s1. The lowest BCUT2D eigenvalue weighted by Gasteiger charge is -2.47. The van der Waals surface area contributed by atoms with Gasteiger partial charge in [-0.1, -0.05) is 0 Å². The van der Waals surface area contributed by atoms with Gasteiger partial charge in [0, 0.05) is 34.6 Å². The van der Waals surface area contributed by atoms with Gasteiger partial charge in [-0.15, -0.1) is 0 Å². The molecule has 2 amide bonds. The van der Waals surface area contributed by atoms with Crippen molar-refractivity contribution in [2.75, 3.05) is 26.8 Å². The Balaban J connectivity index is 3.47. The Labute approximate surface area is 206 Å². The molecule has 36 heavy (non-hydrogen) atoms. The van der Waals surface area contributed by atoms with Crippen molar-refractivity contribution in [3.05, 3.63) is 0 Å². The topological polar surface area (TPSA) is 190 Å². The molecule has 1 N–H and O–H groups in total. The van der Waals surface area contributed by atoms with E-state index in [2.05, 4.69) is 10.1 Å². The van der Waals surface area contributed by atoms with Crippen LogP contribution < -0.4 is 5.32 Å². The predicted molar refractivity (Wildman–Crippen MR) is 114 cm³/mol. The average molecular weight is 518 g/mol. The summed E-state index contributed by atoms with van der Waals surface area (Å²) < 4.78 is 31.1. The van der Waals surface area contributed by atoms with Gasteiger partial charge in [-0.05, 0) is 0 Å². The number of carbonyl (C=O) groups is 7. The molecule has 1 aliphatic rings. The van der Waals surface area contributed by atoms with Crippen LogP contribution in [0.4, 0.5) is 0 Å². The zero-order valence-corrected chi connectivity index (χ0v) is 20.8. The van der Waals surface area contributed by atoms with Crippen LogP contribution in [0, 0.1) is 0 Å². The van der Waals surface area contributed by atoms with E-state index in [1.165, 1.54) is 0 Å². The SMILES string of the molecule is COC(=O)CNC(=O)CN(C(C)=O)[C@@H]1O[C@H](COC(C)=O)[C@H](OC(C)=O)[C@H](OC(C)=O)[C@H]1OC(C)=O. The summed E-state index contributed by atoms with van der Waals surface area (Å²) in [6, 6.07) is 0. The summed E-state index contributed by atoms with van der Waals surface area (Å²) in [7, 11) is 1.12. The Bertz CT molecular complexity index is 874. The third kappa shape index (κ3) is 9.48. The Morgan fingerprint density at radius 1 is 0.778 bits per heavy atom. The molecule has 5 atom stereocenters. The van der Waals surface area contributed by atoms with Crippen molar-refractivity contribution in [2.24, 2.45) is 0 Å². The average Bonchev–Trinajstić information content (AvgIpc) is 2.76. The molecule has 0 spiro atoms. The fraction of sp³-hybridized carbons (Fsp3) is 0.667. The number of methoxy groups -OCH3 is 1. The summed E-state index contributed by atoms with van der Waals surface area (Å²) in [6.45, 7) is 3.67. The smallest absolute Gasteiger partial charge is 0.325 e. The fourth-order valence-electron chi connectivity index (χ4n) is 3.29. The molecule has 1 heterocycles. The maximum atomic E-state index is 12.5. The molecule has 0 unspecified atom stereocenters. The van der Waals surface area contributed by atoms with Crippen LogP contribution in [0.1, 0.15) is 34.6 Å². The molecule has 0 bridgehead atoms. The first-order valence-electron chi connectivity index (χ1n) is 10.7. The van der Waals surface area contributed by atoms with Gasteiger partial charge in [-0.3, -0.25) is 33.6 Å². The van der Waals surface area contributed by atoms with Crippen LogP contribution in [0.15, 0.2) is 0 Å². The van der Waals surface area contributed by atoms with Crippen LogP contribution in [0.2, 0.25) is 0 Å². The summed E-state index contributed by atoms with van der Waals surface area (Å²) in [5, 5.41) is 2.25. The molecule has 1 fully saturated rings. The van der Waals surface area contributed by atoms with Crippen LogP contribution in [-0.4, -0.2) is 104 Å². The van der Waals surface area contributed by atoms with Crippen molar-refractivity contribution in [1.82, 2.24) is 10.2 Å². The summed E-state index contributed by atoms with van der Waals surface area (Å²) in [4.78, 5) is 84.1. The van der Waals surface area contributed by atoms with E-state index in [-0.39, 0.29) is 0 Å². The van der Waals surface area contributed by atoms with Gasteiger partial charge in [0.25, 0.3) is 0 Å². The number of rotatable bonds is 10. The number of hydrogen-bond acceptors (Lipinski definition) is 13. The number of carbonyl (C=O) groups excluding carboxylic acids is 7. The summed E-state index contributed by atoms with van der Waals surface area (Å²) in [6.07, 6.45) is -7.38. The van der Waals surface area contributed by atoms with Crippen molar-refractivity contribution in [1.29, 1.82) is 0 Å². The second-order valence-electron chi connectivity index (χ2n) is 7.59. The third-order valence-electron chi connectivity index (χ3n) is 4.65. The van der Waals surface area contributed by atoms with E-state index in [0.717, 1.165) is 46.6 Å². The zero-order valence-electron chi connectivity index (χ0n) is 20.8. The largest absolute Gasteiger partial charge is 0.468 e. The van der Waals surface area contributed by atoms with E-state index in [0.29, 0.717) is 0 Å². The highest BCUT2D eigenvalue weighted by Crippen LogP contribution is 2.31. The number of nitrogens with zero attached hydrogens (tertiary/aromatic N) is 1. The Morgan fingerprint density at radius 2 is 1.31 bits per heavy atom. The molecular formula is C21H30N2O13. The van der Waals surface area contributed by atoms with E-state index < -0.39 is 92.0 Å². The Morgan fingerprint density at radius 3 is 1.78 bits per heavy atom. The first kappa shape index (κ1) is 30.3. The van der Waals surface area contributed by atoms with E-state index in [1.807, 2.05) is 0 Å². The molecule has 202 valence electrons. The fourth-order valence-corrected chi connectivity index (χ4v) is 3.29. The van der Waals surface area contributed by atoms with Gasteiger partial charge in [-0.2, -0.15) is 0 Å². The minimum atomic E-state index is -1.57. The first-order valence-corrected chi connectivity index (χ1v) is 10.7. The molecule has 0 radical (unpaired) electrons. The van der Waals surface area contributed by atoms with Crippen LogP contribution in [0.5, 0.6) is 0 Å². The molecule has 0 saturated carbocycles. The molecule has 1 saturated heterocycles. The zero-order chi connectivity index (χ0) is 27.6. The Hall–Kier alpha value is -3.75. The molecule has 0 aromatic rings. The second-order valence-corrected chi connectivity index (χ2v) is 7.59. The van der Waals surface area contributed by atoms with Crippen molar-refractivity contribution < 1.29 is 62.0 Å². The quantitative estimate of drug-likeness (QED) is 0.252. The first-order chi connectivity index (χ1) is 16.8. The van der Waals surface area contributed by atoms with Crippen molar-refractivity contribution >= 4 is 41.7 Å². The van der Waals surface area contributed by atoms with E-state index in [9.17, 15) is 33.6 Å². The van der Waals surface area contributed by atoms with Crippen molar-refractivity contribution in [3.63, 3.8) is 0 Å². The van der Waals surface area contributed by atoms with Crippen LogP contribution in [0.25, 0.3) is 0 Å². The van der Waals surface area contributed by atoms with Crippen LogP contribution in [0.3, 0.4) is 0 Å². The van der Waals surface area contributed by atoms with Crippen molar-refractivity contribution in [3.8, 4) is 0 Å². The monoisotopic (exact) mass is 518 g/mol. The maximum Gasteiger partial charge on any atom is 0.325 e. The van der Waals surface area contributed by atoms with Crippen molar-refractivity contribution in [2.45, 2.75) is 65.3 Å². The Kier molecular flexibility index (Phi) is 11.7. The van der Waals surface area contributed by atoms with Crippen LogP contribution >= 0.6 is 0 Å². The third-order valence-corrected chi connectivity index (χ3v) is 4.65. The molecule has 0 aromatic carbocycles. The number of nitrogens with one attached hydrogen (secondary N) is 1. The van der Waals surface area contributed by atoms with Gasteiger partial charge in [-0.25, -0.2) is 0 Å². The minimum absolute atomic E-state index is 0.486. The molecule has 0 aliphatic carbocycles. The number of ether oxygens (including phenoxy) is 6. The summed E-state index contributed by atoms with van der Waals surface area (Å²) in [5.74, 6) is -5.54. The maximum absolute atomic E-state index is 12.5. The lowest BCUT2D eigenvalue weighted by Crippen LogP contribution is -2.67. The minimum Gasteiger partial charge on any atom is -0.468 e. The molecular weight excluding hydrogens is 488 g/mol. The summed E-state index contributed by atoms with van der Waals surface area (Å²) in [5.41, 5.74) is 0. The van der Waals surface area contributed by atoms with E-state index in [1.54, 1.807) is 0 Å². The van der Waals surface area contributed by atoms with E-state index >= 15 is 0 Å². The number of esters is 5. The predicted octanol–water partition coefficient (Wildman–Crippen LogP) is -1.79. The van der Waals surface area contributed by atoms with Gasteiger partial charge >= 0.3 is 29.8 Å². The lowest BCUT2D eigenvalue weighted by molar-refractivity contribution is -0.275. The van der Waals surface area contributed by atoms with Gasteiger partial charge < -0.3 is 38.6 Å². The molecule has 1 aliphatic heterocycles. The van der Waals surface area contributed by atoms with Gasteiger partial charge in [0.2, 0.25) is 11.8 Å². The molecule has 0 aromatic heterocycles.